The molecule has 1 heterocycles. The summed E-state index contributed by atoms with van der Waals surface area (Å²) in [6, 6.07) is 10.5. The third kappa shape index (κ3) is 2.87. The first kappa shape index (κ1) is 15.0. The molecule has 21 heavy (non-hydrogen) atoms. The van der Waals surface area contributed by atoms with Crippen LogP contribution in [-0.4, -0.2) is 43.3 Å². The number of rotatable bonds is 3. The quantitative estimate of drug-likeness (QED) is 0.925. The number of fused-ring (bicyclic) bond motifs is 1. The molecule has 1 saturated heterocycles. The molecule has 4 unspecified atom stereocenters. The predicted octanol–water partition coefficient (Wildman–Crippen LogP) is 2.93. The second kappa shape index (κ2) is 6.47. The van der Waals surface area contributed by atoms with Crippen molar-refractivity contribution in [1.29, 1.82) is 0 Å². The van der Waals surface area contributed by atoms with Gasteiger partial charge in [0.05, 0.1) is 13.2 Å². The van der Waals surface area contributed by atoms with Crippen LogP contribution in [0.5, 0.6) is 0 Å². The summed E-state index contributed by atoms with van der Waals surface area (Å²) < 4.78 is 5.63. The Balaban J connectivity index is 1.93. The van der Waals surface area contributed by atoms with Crippen LogP contribution in [0.15, 0.2) is 24.3 Å². The molecule has 1 aromatic rings. The van der Waals surface area contributed by atoms with Gasteiger partial charge in [-0.05, 0) is 36.9 Å². The monoisotopic (exact) mass is 288 g/mol. The highest BCUT2D eigenvalue weighted by Gasteiger charge is 2.38. The minimum atomic E-state index is 0.447. The molecule has 1 fully saturated rings. The van der Waals surface area contributed by atoms with Gasteiger partial charge in [-0.15, -0.1) is 0 Å². The third-order valence-electron chi connectivity index (χ3n) is 5.11. The largest absolute Gasteiger partial charge is 0.379 e. The lowest BCUT2D eigenvalue weighted by Gasteiger charge is -2.47. The Bertz CT molecular complexity index is 476. The van der Waals surface area contributed by atoms with E-state index >= 15 is 0 Å². The fourth-order valence-corrected chi connectivity index (χ4v) is 4.10. The highest BCUT2D eigenvalue weighted by Crippen LogP contribution is 2.40. The van der Waals surface area contributed by atoms with Crippen LogP contribution in [0.2, 0.25) is 0 Å². The third-order valence-corrected chi connectivity index (χ3v) is 5.11. The van der Waals surface area contributed by atoms with Gasteiger partial charge in [0.25, 0.3) is 0 Å². The van der Waals surface area contributed by atoms with Crippen molar-refractivity contribution in [3.8, 4) is 0 Å². The lowest BCUT2D eigenvalue weighted by atomic mass is 9.77. The Kier molecular flexibility index (Phi) is 4.63. The van der Waals surface area contributed by atoms with Gasteiger partial charge in [0.2, 0.25) is 0 Å². The van der Waals surface area contributed by atoms with Crippen LogP contribution in [0.1, 0.15) is 50.3 Å². The number of benzene rings is 1. The molecule has 0 radical (unpaired) electrons. The number of nitrogens with zero attached hydrogens (tertiary/aromatic N) is 1. The Labute approximate surface area is 128 Å². The van der Waals surface area contributed by atoms with Gasteiger partial charge in [-0.1, -0.05) is 38.1 Å². The van der Waals surface area contributed by atoms with Gasteiger partial charge in [-0.25, -0.2) is 0 Å². The van der Waals surface area contributed by atoms with Crippen LogP contribution in [0.4, 0.5) is 0 Å². The average Bonchev–Trinajstić information content (AvgIpc) is 2.51. The first-order valence-corrected chi connectivity index (χ1v) is 8.38. The lowest BCUT2D eigenvalue weighted by Crippen LogP contribution is -2.55. The SMILES string of the molecule is CCNC1c2ccccc2C(C)CC1N1CCOCC1C. The normalized spacial score (nSPS) is 33.7. The zero-order valence-electron chi connectivity index (χ0n) is 13.5. The van der Waals surface area contributed by atoms with Crippen LogP contribution in [-0.2, 0) is 4.74 Å². The van der Waals surface area contributed by atoms with E-state index in [4.69, 9.17) is 4.74 Å². The highest BCUT2D eigenvalue weighted by atomic mass is 16.5. The maximum absolute atomic E-state index is 5.63. The summed E-state index contributed by atoms with van der Waals surface area (Å²) in [5, 5.41) is 3.75. The predicted molar refractivity (Wildman–Crippen MR) is 86.7 cm³/mol. The number of hydrogen-bond donors (Lipinski definition) is 1. The van der Waals surface area contributed by atoms with E-state index in [-0.39, 0.29) is 0 Å². The summed E-state index contributed by atoms with van der Waals surface area (Å²) in [7, 11) is 0. The fourth-order valence-electron chi connectivity index (χ4n) is 4.10. The van der Waals surface area contributed by atoms with Crippen molar-refractivity contribution in [2.24, 2.45) is 0 Å². The summed E-state index contributed by atoms with van der Waals surface area (Å²) in [5.41, 5.74) is 3.03. The van der Waals surface area contributed by atoms with Gasteiger partial charge in [-0.3, -0.25) is 4.90 Å². The van der Waals surface area contributed by atoms with Crippen molar-refractivity contribution >= 4 is 0 Å². The Morgan fingerprint density at radius 3 is 2.71 bits per heavy atom. The van der Waals surface area contributed by atoms with Crippen LogP contribution in [0.25, 0.3) is 0 Å². The summed E-state index contributed by atoms with van der Waals surface area (Å²) in [6.45, 7) is 10.7. The minimum absolute atomic E-state index is 0.447. The van der Waals surface area contributed by atoms with E-state index in [0.717, 1.165) is 26.3 Å². The smallest absolute Gasteiger partial charge is 0.0619 e. The van der Waals surface area contributed by atoms with Crippen molar-refractivity contribution in [2.45, 2.75) is 51.2 Å². The number of nitrogens with one attached hydrogen (secondary N) is 1. The molecule has 1 N–H and O–H groups in total. The Morgan fingerprint density at radius 2 is 2.00 bits per heavy atom. The van der Waals surface area contributed by atoms with Gasteiger partial charge in [0.1, 0.15) is 0 Å². The van der Waals surface area contributed by atoms with Gasteiger partial charge in [-0.2, -0.15) is 0 Å². The van der Waals surface area contributed by atoms with Crippen LogP contribution in [0.3, 0.4) is 0 Å². The Hall–Kier alpha value is -0.900. The van der Waals surface area contributed by atoms with Gasteiger partial charge < -0.3 is 10.1 Å². The first-order chi connectivity index (χ1) is 10.2. The average molecular weight is 288 g/mol. The Morgan fingerprint density at radius 1 is 1.24 bits per heavy atom. The van der Waals surface area contributed by atoms with E-state index < -0.39 is 0 Å². The first-order valence-electron chi connectivity index (χ1n) is 8.38. The summed E-state index contributed by atoms with van der Waals surface area (Å²) in [6.07, 6.45) is 1.24. The van der Waals surface area contributed by atoms with Gasteiger partial charge in [0, 0.05) is 24.7 Å². The molecule has 1 aromatic carbocycles. The molecule has 0 amide bonds. The molecule has 0 bridgehead atoms. The van der Waals surface area contributed by atoms with Crippen LogP contribution < -0.4 is 5.32 Å². The van der Waals surface area contributed by atoms with Gasteiger partial charge in [0.15, 0.2) is 0 Å². The molecule has 3 nitrogen and oxygen atoms in total. The van der Waals surface area contributed by atoms with E-state index in [1.807, 2.05) is 0 Å². The molecule has 0 saturated carbocycles. The second-order valence-corrected chi connectivity index (χ2v) is 6.53. The second-order valence-electron chi connectivity index (χ2n) is 6.53. The number of morpholine rings is 1. The molecule has 1 aliphatic carbocycles. The maximum Gasteiger partial charge on any atom is 0.0619 e. The molecular weight excluding hydrogens is 260 g/mol. The zero-order valence-corrected chi connectivity index (χ0v) is 13.5. The molecule has 1 aliphatic heterocycles. The van der Waals surface area contributed by atoms with Crippen molar-refractivity contribution in [3.05, 3.63) is 35.4 Å². The van der Waals surface area contributed by atoms with E-state index in [0.29, 0.717) is 24.0 Å². The zero-order chi connectivity index (χ0) is 14.8. The fraction of sp³-hybridized carbons (Fsp3) is 0.667. The highest BCUT2D eigenvalue weighted by molar-refractivity contribution is 5.37. The molecule has 2 aliphatic rings. The lowest BCUT2D eigenvalue weighted by molar-refractivity contribution is -0.0349. The summed E-state index contributed by atoms with van der Waals surface area (Å²) in [5.74, 6) is 0.635. The van der Waals surface area contributed by atoms with Crippen molar-refractivity contribution in [3.63, 3.8) is 0 Å². The molecule has 3 heteroatoms. The standard InChI is InChI=1S/C18H28N2O/c1-4-19-18-16-8-6-5-7-15(16)13(2)11-17(18)20-9-10-21-12-14(20)3/h5-8,13-14,17-19H,4,9-12H2,1-3H3. The van der Waals surface area contributed by atoms with E-state index in [9.17, 15) is 0 Å². The van der Waals surface area contributed by atoms with Crippen molar-refractivity contribution < 1.29 is 4.74 Å². The molecule has 0 spiro atoms. The summed E-state index contributed by atoms with van der Waals surface area (Å²) in [4.78, 5) is 2.67. The molecule has 0 aromatic heterocycles. The summed E-state index contributed by atoms with van der Waals surface area (Å²) >= 11 is 0. The number of likely N-dealkylation sites (N-methyl/N-ethyl adjacent to an activating group) is 1. The number of ether oxygens (including phenoxy) is 1. The maximum atomic E-state index is 5.63. The molecule has 3 rings (SSSR count). The van der Waals surface area contributed by atoms with Gasteiger partial charge >= 0.3 is 0 Å². The van der Waals surface area contributed by atoms with Crippen LogP contribution in [0, 0.1) is 0 Å². The molecule has 116 valence electrons. The number of hydrogen-bond acceptors (Lipinski definition) is 3. The minimum Gasteiger partial charge on any atom is -0.379 e. The van der Waals surface area contributed by atoms with Crippen molar-refractivity contribution in [1.82, 2.24) is 10.2 Å². The van der Waals surface area contributed by atoms with Crippen molar-refractivity contribution in [2.75, 3.05) is 26.3 Å². The van der Waals surface area contributed by atoms with E-state index in [1.165, 1.54) is 17.5 Å². The van der Waals surface area contributed by atoms with Crippen LogP contribution >= 0.6 is 0 Å². The topological polar surface area (TPSA) is 24.5 Å². The van der Waals surface area contributed by atoms with E-state index in [1.54, 1.807) is 0 Å². The molecule has 4 atom stereocenters. The van der Waals surface area contributed by atoms with E-state index in [2.05, 4.69) is 55.3 Å². The molecular formula is C18H28N2O.